The maximum atomic E-state index is 12.4. The molecule has 2 atom stereocenters. The van der Waals surface area contributed by atoms with E-state index in [1.165, 1.54) is 51.4 Å². The molecule has 0 aliphatic rings. The van der Waals surface area contributed by atoms with Crippen LogP contribution in [0.15, 0.2) is 85.1 Å². The second-order valence-corrected chi connectivity index (χ2v) is 14.3. The molecule has 1 unspecified atom stereocenters. The number of hydrogen-bond acceptors (Lipinski definition) is 7. The summed E-state index contributed by atoms with van der Waals surface area (Å²) in [5.74, 6) is -1.02. The first-order valence-corrected chi connectivity index (χ1v) is 21.5. The van der Waals surface area contributed by atoms with E-state index in [1.54, 1.807) is 6.08 Å². The topological polar surface area (TPSA) is 140 Å². The lowest BCUT2D eigenvalue weighted by Crippen LogP contribution is -2.29. The van der Waals surface area contributed by atoms with Gasteiger partial charge in [0.15, 0.2) is 6.10 Å². The zero-order chi connectivity index (χ0) is 39.1. The highest BCUT2D eigenvalue weighted by atomic mass is 31.2. The van der Waals surface area contributed by atoms with Crippen molar-refractivity contribution in [2.45, 2.75) is 161 Å². The van der Waals surface area contributed by atoms with Crippen molar-refractivity contribution in [3.8, 4) is 0 Å². The van der Waals surface area contributed by atoms with Gasteiger partial charge in [-0.15, -0.1) is 0 Å². The molecule has 3 N–H and O–H groups in total. The first-order valence-electron chi connectivity index (χ1n) is 20.0. The largest absolute Gasteiger partial charge is 0.469 e. The number of unbranched alkanes of at least 4 members (excludes halogenated alkanes) is 11. The standard InChI is InChI=1S/C43H71O9P/c1-3-5-7-8-9-10-11-12-13-16-19-22-25-28-32-36-42(45)50-38-41(39-51-53(47,48)49)52-43(46)37-33-29-26-23-20-17-14-15-18-21-24-27-31-35-40(44)34-30-6-4-2/h6,10-11,15,17-18,20,24,26-27,29-31,35,40-41,44H,3-5,7-9,12-14,16,19,21-23,25,28,32-34,36-39H2,1-2H3,(H2,47,48,49)/b11-10-,18-15-,20-17-,27-24+,29-26-,30-6-,35-31+/t40?,41-/m1/s1. The summed E-state index contributed by atoms with van der Waals surface area (Å²) in [6.45, 7) is 3.38. The van der Waals surface area contributed by atoms with Crippen LogP contribution >= 0.6 is 7.82 Å². The van der Waals surface area contributed by atoms with Crippen LogP contribution in [0, 0.1) is 0 Å². The number of phosphoric ester groups is 1. The van der Waals surface area contributed by atoms with Crippen molar-refractivity contribution >= 4 is 19.8 Å². The van der Waals surface area contributed by atoms with Crippen molar-refractivity contribution in [1.29, 1.82) is 0 Å². The second-order valence-electron chi connectivity index (χ2n) is 13.1. The lowest BCUT2D eigenvalue weighted by Gasteiger charge is -2.18. The van der Waals surface area contributed by atoms with Gasteiger partial charge in [0.05, 0.1) is 12.7 Å². The van der Waals surface area contributed by atoms with E-state index >= 15 is 0 Å². The van der Waals surface area contributed by atoms with E-state index in [0.717, 1.165) is 51.4 Å². The number of carbonyl (C=O) groups excluding carboxylic acids is 2. The van der Waals surface area contributed by atoms with E-state index in [9.17, 15) is 19.3 Å². The van der Waals surface area contributed by atoms with Gasteiger partial charge in [0.25, 0.3) is 0 Å². The predicted molar refractivity (Wildman–Crippen MR) is 217 cm³/mol. The van der Waals surface area contributed by atoms with Crippen LogP contribution < -0.4 is 0 Å². The van der Waals surface area contributed by atoms with Gasteiger partial charge in [-0.2, -0.15) is 0 Å². The number of aliphatic hydroxyl groups is 1. The minimum Gasteiger partial charge on any atom is -0.462 e. The van der Waals surface area contributed by atoms with E-state index in [2.05, 4.69) is 48.8 Å². The predicted octanol–water partition coefficient (Wildman–Crippen LogP) is 11.0. The van der Waals surface area contributed by atoms with Crippen LogP contribution in [0.4, 0.5) is 0 Å². The first-order chi connectivity index (χ1) is 25.7. The van der Waals surface area contributed by atoms with E-state index in [-0.39, 0.29) is 19.4 Å². The monoisotopic (exact) mass is 762 g/mol. The third kappa shape index (κ3) is 40.2. The van der Waals surface area contributed by atoms with Crippen molar-refractivity contribution < 1.29 is 43.0 Å². The molecule has 10 heteroatoms. The Kier molecular flexibility index (Phi) is 35.5. The van der Waals surface area contributed by atoms with Crippen LogP contribution in [0.25, 0.3) is 0 Å². The average molecular weight is 763 g/mol. The highest BCUT2D eigenvalue weighted by Gasteiger charge is 2.22. The highest BCUT2D eigenvalue weighted by Crippen LogP contribution is 2.36. The Hall–Kier alpha value is -2.81. The molecule has 0 heterocycles. The molecule has 9 nitrogen and oxygen atoms in total. The van der Waals surface area contributed by atoms with Crippen molar-refractivity contribution in [2.75, 3.05) is 13.2 Å². The minimum atomic E-state index is -4.79. The number of aliphatic hydroxyl groups excluding tert-OH is 1. The molecule has 0 saturated carbocycles. The van der Waals surface area contributed by atoms with E-state index in [4.69, 9.17) is 19.3 Å². The molecule has 0 saturated heterocycles. The quantitative estimate of drug-likeness (QED) is 0.0189. The van der Waals surface area contributed by atoms with Crippen LogP contribution in [0.1, 0.15) is 149 Å². The second kappa shape index (κ2) is 37.5. The van der Waals surface area contributed by atoms with Crippen LogP contribution in [0.5, 0.6) is 0 Å². The lowest BCUT2D eigenvalue weighted by atomic mass is 10.1. The number of esters is 2. The van der Waals surface area contributed by atoms with Gasteiger partial charge in [-0.3, -0.25) is 14.1 Å². The van der Waals surface area contributed by atoms with Gasteiger partial charge in [0.2, 0.25) is 0 Å². The zero-order valence-corrected chi connectivity index (χ0v) is 33.6. The third-order valence-electron chi connectivity index (χ3n) is 7.99. The maximum absolute atomic E-state index is 12.4. The van der Waals surface area contributed by atoms with Gasteiger partial charge in [0, 0.05) is 12.8 Å². The third-order valence-corrected chi connectivity index (χ3v) is 8.48. The normalized spacial score (nSPS) is 14.0. The molecule has 0 bridgehead atoms. The zero-order valence-electron chi connectivity index (χ0n) is 32.7. The maximum Gasteiger partial charge on any atom is 0.469 e. The number of rotatable bonds is 35. The molecular weight excluding hydrogens is 691 g/mol. The number of allylic oxidation sites excluding steroid dienone is 12. The molecule has 0 aromatic carbocycles. The van der Waals surface area contributed by atoms with Gasteiger partial charge >= 0.3 is 19.8 Å². The number of phosphoric acid groups is 1. The van der Waals surface area contributed by atoms with Gasteiger partial charge in [0.1, 0.15) is 6.61 Å². The fourth-order valence-electron chi connectivity index (χ4n) is 5.01. The van der Waals surface area contributed by atoms with Gasteiger partial charge in [-0.25, -0.2) is 4.57 Å². The molecule has 0 amide bonds. The molecule has 0 radical (unpaired) electrons. The average Bonchev–Trinajstić information content (AvgIpc) is 3.12. The fourth-order valence-corrected chi connectivity index (χ4v) is 5.37. The Bertz CT molecular complexity index is 1150. The van der Waals surface area contributed by atoms with Gasteiger partial charge in [-0.1, -0.05) is 150 Å². The molecule has 0 aromatic rings. The van der Waals surface area contributed by atoms with Crippen LogP contribution in [-0.4, -0.2) is 52.3 Å². The van der Waals surface area contributed by atoms with Crippen LogP contribution in [-0.2, 0) is 28.2 Å². The number of ether oxygens (including phenoxy) is 2. The van der Waals surface area contributed by atoms with Crippen molar-refractivity contribution in [1.82, 2.24) is 0 Å². The van der Waals surface area contributed by atoms with Crippen molar-refractivity contribution in [3.05, 3.63) is 85.1 Å². The first kappa shape index (κ1) is 50.2. The summed E-state index contributed by atoms with van der Waals surface area (Å²) in [5, 5.41) is 9.81. The molecule has 53 heavy (non-hydrogen) atoms. The molecule has 0 fully saturated rings. The highest BCUT2D eigenvalue weighted by molar-refractivity contribution is 7.46. The van der Waals surface area contributed by atoms with Crippen molar-refractivity contribution in [3.63, 3.8) is 0 Å². The van der Waals surface area contributed by atoms with Crippen molar-refractivity contribution in [2.24, 2.45) is 0 Å². The molecule has 0 aliphatic carbocycles. The Morgan fingerprint density at radius 2 is 1.17 bits per heavy atom. The number of carbonyl (C=O) groups is 2. The summed E-state index contributed by atoms with van der Waals surface area (Å²) < 4.78 is 26.2. The number of hydrogen-bond donors (Lipinski definition) is 3. The molecule has 0 aliphatic heterocycles. The summed E-state index contributed by atoms with van der Waals surface area (Å²) in [4.78, 5) is 42.7. The fraction of sp³-hybridized carbons (Fsp3) is 0.628. The Labute approximate surface area is 321 Å². The van der Waals surface area contributed by atoms with E-state index in [1.807, 2.05) is 48.6 Å². The van der Waals surface area contributed by atoms with Gasteiger partial charge in [-0.05, 0) is 70.6 Å². The Morgan fingerprint density at radius 1 is 0.604 bits per heavy atom. The lowest BCUT2D eigenvalue weighted by molar-refractivity contribution is -0.161. The molecule has 0 spiro atoms. The van der Waals surface area contributed by atoms with Crippen LogP contribution in [0.2, 0.25) is 0 Å². The summed E-state index contributed by atoms with van der Waals surface area (Å²) in [6.07, 6.45) is 46.4. The summed E-state index contributed by atoms with van der Waals surface area (Å²) >= 11 is 0. The molecule has 0 rings (SSSR count). The summed E-state index contributed by atoms with van der Waals surface area (Å²) in [7, 11) is -4.79. The molecule has 0 aromatic heterocycles. The van der Waals surface area contributed by atoms with Gasteiger partial charge < -0.3 is 24.4 Å². The Morgan fingerprint density at radius 3 is 1.79 bits per heavy atom. The van der Waals surface area contributed by atoms with E-state index < -0.39 is 38.6 Å². The van der Waals surface area contributed by atoms with Crippen LogP contribution in [0.3, 0.4) is 0 Å². The smallest absolute Gasteiger partial charge is 0.462 e. The Balaban J connectivity index is 4.15. The minimum absolute atomic E-state index is 0.0662. The summed E-state index contributed by atoms with van der Waals surface area (Å²) in [6, 6.07) is 0. The molecule has 302 valence electrons. The summed E-state index contributed by atoms with van der Waals surface area (Å²) in [5.41, 5.74) is 0. The molecular formula is C43H71O9P. The van der Waals surface area contributed by atoms with E-state index in [0.29, 0.717) is 19.3 Å². The SMILES string of the molecule is CC/C=C\CC(O)/C=C/C=C/C/C=C\C/C=C\C/C=C\CCC(=O)O[C@H](COC(=O)CCCCCCCCC/C=C\CCCCCC)COP(=O)(O)O.